The van der Waals surface area contributed by atoms with Crippen molar-refractivity contribution in [3.8, 4) is 0 Å². The number of carbonyl (C=O) groups excluding carboxylic acids is 4. The van der Waals surface area contributed by atoms with Crippen LogP contribution in [0.4, 0.5) is 0 Å². The minimum absolute atomic E-state index is 0.0622. The Labute approximate surface area is 365 Å². The van der Waals surface area contributed by atoms with E-state index in [4.69, 9.17) is 34.4 Å². The first-order chi connectivity index (χ1) is 28.3. The van der Waals surface area contributed by atoms with E-state index < -0.39 is 55.6 Å². The summed E-state index contributed by atoms with van der Waals surface area (Å²) in [4.78, 5) is 69.1. The molecule has 0 unspecified atom stereocenters. The molecule has 0 aliphatic heterocycles. The van der Waals surface area contributed by atoms with Crippen molar-refractivity contribution >= 4 is 86.6 Å². The quantitative estimate of drug-likeness (QED) is 0.0287. The van der Waals surface area contributed by atoms with Gasteiger partial charge < -0.3 is 34.4 Å². The van der Waals surface area contributed by atoms with Crippen molar-refractivity contribution in [2.24, 2.45) is 44.4 Å². The number of sulfone groups is 2. The summed E-state index contributed by atoms with van der Waals surface area (Å²) in [6.07, 6.45) is 1.83. The SMILES string of the molecule is NCCS(=O)(=O)c1c(CC(=O)CCCCN=C(N)N)cc(Br)cc1CC(=O)c1cc(C(=O)Cc2cc(Br)cc(CC(=O)CCCCN=C(N)N)c2S(=O)(=O)CCN)ncn1. The fraction of sp³-hybridized carbons (Fsp3) is 0.421. The molecule has 18 nitrogen and oxygen atoms in total. The number of halogens is 2. The van der Waals surface area contributed by atoms with Crippen LogP contribution >= 0.6 is 31.9 Å². The molecule has 3 aromatic rings. The lowest BCUT2D eigenvalue weighted by atomic mass is 9.98. The second kappa shape index (κ2) is 23.5. The number of hydrogen-bond donors (Lipinski definition) is 6. The molecule has 0 radical (unpaired) electrons. The average Bonchev–Trinajstić information content (AvgIpc) is 3.13. The summed E-state index contributed by atoms with van der Waals surface area (Å²) < 4.78 is 55.2. The molecule has 22 heteroatoms. The van der Waals surface area contributed by atoms with Gasteiger partial charge in [0, 0.05) is 73.6 Å². The van der Waals surface area contributed by atoms with E-state index in [1.165, 1.54) is 24.3 Å². The minimum atomic E-state index is -4.08. The van der Waals surface area contributed by atoms with Gasteiger partial charge >= 0.3 is 0 Å². The normalized spacial score (nSPS) is 11.5. The maximum Gasteiger partial charge on any atom is 0.185 e. The Kier molecular flexibility index (Phi) is 19.5. The molecule has 0 atom stereocenters. The number of aromatic nitrogens is 2. The van der Waals surface area contributed by atoms with Gasteiger partial charge in [0.15, 0.2) is 43.2 Å². The molecule has 0 aliphatic rings. The molecule has 60 heavy (non-hydrogen) atoms. The van der Waals surface area contributed by atoms with Crippen molar-refractivity contribution in [1.29, 1.82) is 0 Å². The molecule has 0 amide bonds. The first-order valence-electron chi connectivity index (χ1n) is 18.8. The Morgan fingerprint density at radius 3 is 1.23 bits per heavy atom. The number of rotatable bonds is 26. The van der Waals surface area contributed by atoms with E-state index in [-0.39, 0.29) is 106 Å². The number of guanidine groups is 2. The zero-order valence-corrected chi connectivity index (χ0v) is 37.7. The van der Waals surface area contributed by atoms with Crippen LogP contribution in [-0.2, 0) is 54.9 Å². The third kappa shape index (κ3) is 15.5. The standard InChI is InChI=1S/C38H50Br2N10O8S2/c39-27-13-23(17-29(51)5-1-3-9-47-37(43)44)35(59(55,56)11-7-41)25(15-27)19-33(53)31-21-32(50-22-49-31)34(54)20-26-16-28(40)14-24(36(26)60(57,58)12-8-42)18-30(52)6-2-4-10-48-38(45)46/h13-16,21-22H,1-12,17-20,41-42H2,(H4,43,44,47)(H4,45,46,48). The molecule has 0 saturated heterocycles. The monoisotopic (exact) mass is 996 g/mol. The number of ketones is 4. The molecule has 326 valence electrons. The highest BCUT2D eigenvalue weighted by Crippen LogP contribution is 2.31. The fourth-order valence-corrected chi connectivity index (χ4v) is 10.6. The highest BCUT2D eigenvalue weighted by molar-refractivity contribution is 9.10. The number of aliphatic imine (C=N–C) groups is 2. The van der Waals surface area contributed by atoms with Gasteiger partial charge in [-0.2, -0.15) is 0 Å². The van der Waals surface area contributed by atoms with Crippen LogP contribution in [0.2, 0.25) is 0 Å². The lowest BCUT2D eigenvalue weighted by Crippen LogP contribution is -2.23. The molecule has 12 N–H and O–H groups in total. The van der Waals surface area contributed by atoms with Crippen molar-refractivity contribution in [3.63, 3.8) is 0 Å². The molecule has 0 saturated carbocycles. The van der Waals surface area contributed by atoms with Gasteiger partial charge in [0.05, 0.1) is 21.3 Å². The zero-order valence-electron chi connectivity index (χ0n) is 32.9. The van der Waals surface area contributed by atoms with Crippen LogP contribution in [-0.4, -0.2) is 99.5 Å². The van der Waals surface area contributed by atoms with Crippen molar-refractivity contribution < 1.29 is 36.0 Å². The molecule has 0 spiro atoms. The largest absolute Gasteiger partial charge is 0.370 e. The van der Waals surface area contributed by atoms with E-state index in [0.29, 0.717) is 47.7 Å². The van der Waals surface area contributed by atoms with E-state index in [9.17, 15) is 36.0 Å². The summed E-state index contributed by atoms with van der Waals surface area (Å²) in [5.74, 6) is -2.83. The summed E-state index contributed by atoms with van der Waals surface area (Å²) >= 11 is 6.75. The predicted molar refractivity (Wildman–Crippen MR) is 235 cm³/mol. The Morgan fingerprint density at radius 2 is 0.900 bits per heavy atom. The van der Waals surface area contributed by atoms with Crippen molar-refractivity contribution in [2.45, 2.75) is 74.0 Å². The summed E-state index contributed by atoms with van der Waals surface area (Å²) in [5, 5.41) is 0. The van der Waals surface area contributed by atoms with E-state index in [0.717, 1.165) is 12.4 Å². The highest BCUT2D eigenvalue weighted by Gasteiger charge is 2.28. The number of carbonyl (C=O) groups is 4. The summed E-state index contributed by atoms with van der Waals surface area (Å²) in [6.45, 7) is 0.241. The third-order valence-electron chi connectivity index (χ3n) is 8.84. The van der Waals surface area contributed by atoms with Crippen LogP contribution in [0.1, 0.15) is 81.8 Å². The first kappa shape index (κ1) is 49.9. The van der Waals surface area contributed by atoms with Gasteiger partial charge in [0.2, 0.25) is 0 Å². The lowest BCUT2D eigenvalue weighted by molar-refractivity contribution is -0.119. The molecule has 1 aromatic heterocycles. The number of nitrogens with zero attached hydrogens (tertiary/aromatic N) is 4. The fourth-order valence-electron chi connectivity index (χ4n) is 6.34. The maximum absolute atomic E-state index is 13.8. The molecular weight excluding hydrogens is 948 g/mol. The van der Waals surface area contributed by atoms with Gasteiger partial charge in [0.25, 0.3) is 0 Å². The smallest absolute Gasteiger partial charge is 0.185 e. The van der Waals surface area contributed by atoms with Crippen LogP contribution in [0.3, 0.4) is 0 Å². The van der Waals surface area contributed by atoms with Crippen LogP contribution < -0.4 is 34.4 Å². The molecular formula is C38H50Br2N10O8S2. The Morgan fingerprint density at radius 1 is 0.550 bits per heavy atom. The van der Waals surface area contributed by atoms with Crippen molar-refractivity contribution in [2.75, 3.05) is 37.7 Å². The molecule has 0 bridgehead atoms. The number of unbranched alkanes of at least 4 members (excludes halogenated alkanes) is 2. The summed E-state index contributed by atoms with van der Waals surface area (Å²) in [6, 6.07) is 7.09. The average molecular weight is 999 g/mol. The second-order valence-electron chi connectivity index (χ2n) is 13.8. The van der Waals surface area contributed by atoms with Crippen LogP contribution in [0.15, 0.2) is 65.4 Å². The second-order valence-corrected chi connectivity index (χ2v) is 19.7. The van der Waals surface area contributed by atoms with E-state index in [2.05, 4.69) is 51.8 Å². The minimum Gasteiger partial charge on any atom is -0.370 e. The topological polar surface area (TPSA) is 343 Å². The lowest BCUT2D eigenvalue weighted by Gasteiger charge is -2.16. The predicted octanol–water partition coefficient (Wildman–Crippen LogP) is 1.43. The molecule has 0 fully saturated rings. The Hall–Kier alpha value is -4.48. The van der Waals surface area contributed by atoms with Crippen LogP contribution in [0.25, 0.3) is 0 Å². The van der Waals surface area contributed by atoms with Crippen LogP contribution in [0, 0.1) is 0 Å². The van der Waals surface area contributed by atoms with Gasteiger partial charge in [-0.15, -0.1) is 0 Å². The van der Waals surface area contributed by atoms with Crippen LogP contribution in [0.5, 0.6) is 0 Å². The zero-order chi connectivity index (χ0) is 44.6. The molecule has 0 aliphatic carbocycles. The van der Waals surface area contributed by atoms with E-state index in [1.54, 1.807) is 0 Å². The molecule has 3 rings (SSSR count). The Balaban J connectivity index is 1.93. The highest BCUT2D eigenvalue weighted by atomic mass is 79.9. The van der Waals surface area contributed by atoms with E-state index >= 15 is 0 Å². The van der Waals surface area contributed by atoms with Crippen molar-refractivity contribution in [3.05, 3.63) is 79.2 Å². The molecule has 2 aromatic carbocycles. The summed E-state index contributed by atoms with van der Waals surface area (Å²) in [5.41, 5.74) is 32.8. The number of benzene rings is 2. The summed E-state index contributed by atoms with van der Waals surface area (Å²) in [7, 11) is -8.16. The van der Waals surface area contributed by atoms with Gasteiger partial charge in [-0.05, 0) is 78.3 Å². The number of hydrogen-bond acceptors (Lipinski definition) is 14. The molecule has 1 heterocycles. The van der Waals surface area contributed by atoms with Gasteiger partial charge in [-0.3, -0.25) is 29.2 Å². The Bertz CT molecular complexity index is 2190. The third-order valence-corrected chi connectivity index (χ3v) is 13.6. The van der Waals surface area contributed by atoms with Crippen molar-refractivity contribution in [1.82, 2.24) is 9.97 Å². The van der Waals surface area contributed by atoms with E-state index in [1.807, 2.05) is 0 Å². The van der Waals surface area contributed by atoms with Gasteiger partial charge in [0.1, 0.15) is 29.3 Å². The number of Topliss-reactive ketones (excluding diaryl/α,β-unsaturated/α-hetero) is 4. The van der Waals surface area contributed by atoms with Gasteiger partial charge in [-0.25, -0.2) is 26.8 Å². The van der Waals surface area contributed by atoms with Gasteiger partial charge in [-0.1, -0.05) is 31.9 Å². The number of nitrogens with two attached hydrogens (primary N) is 6. The first-order valence-corrected chi connectivity index (χ1v) is 23.7. The maximum atomic E-state index is 13.8.